The maximum Gasteiger partial charge on any atom is 0.0792 e. The Hall–Kier alpha value is -7.40. The molecule has 0 radical (unpaired) electrons. The summed E-state index contributed by atoms with van der Waals surface area (Å²) >= 11 is 0. The summed E-state index contributed by atoms with van der Waals surface area (Å²) in [6.07, 6.45) is 6.21. The van der Waals surface area contributed by atoms with Gasteiger partial charge in [-0.05, 0) is 116 Å². The lowest BCUT2D eigenvalue weighted by atomic mass is 9.67. The van der Waals surface area contributed by atoms with Crippen LogP contribution in [0.4, 0.5) is 17.1 Å². The molecule has 0 amide bonds. The predicted octanol–water partition coefficient (Wildman–Crippen LogP) is 14.3. The lowest BCUT2D eigenvalue weighted by Crippen LogP contribution is -2.28. The molecular weight excluding hydrogens is 675 g/mol. The Balaban J connectivity index is 1.07. The molecule has 56 heavy (non-hydrogen) atoms. The van der Waals surface area contributed by atoms with E-state index in [1.54, 1.807) is 0 Å². The van der Waals surface area contributed by atoms with Crippen LogP contribution in [0.1, 0.15) is 16.7 Å². The summed E-state index contributed by atoms with van der Waals surface area (Å²) in [5.41, 5.74) is 24.1. The first-order valence-electron chi connectivity index (χ1n) is 19.2. The van der Waals surface area contributed by atoms with Crippen LogP contribution < -0.4 is 4.90 Å². The quantitative estimate of drug-likeness (QED) is 0.142. The van der Waals surface area contributed by atoms with Crippen LogP contribution in [-0.4, -0.2) is 0 Å². The van der Waals surface area contributed by atoms with Gasteiger partial charge in [0.05, 0.1) is 5.41 Å². The van der Waals surface area contributed by atoms with Gasteiger partial charge in [-0.3, -0.25) is 0 Å². The lowest BCUT2D eigenvalue weighted by Gasteiger charge is -2.33. The largest absolute Gasteiger partial charge is 0.311 e. The highest BCUT2D eigenvalue weighted by atomic mass is 15.1. The molecule has 8 aromatic rings. The Morgan fingerprint density at radius 2 is 0.821 bits per heavy atom. The van der Waals surface area contributed by atoms with Crippen molar-refractivity contribution in [1.29, 1.82) is 0 Å². The number of allylic oxidation sites excluding steroid dienone is 4. The molecule has 1 heteroatoms. The summed E-state index contributed by atoms with van der Waals surface area (Å²) in [7, 11) is 0. The third-order valence-corrected chi connectivity index (χ3v) is 11.2. The summed E-state index contributed by atoms with van der Waals surface area (Å²) in [5.74, 6) is 0. The van der Waals surface area contributed by atoms with E-state index < -0.39 is 5.41 Å². The second-order valence-electron chi connectivity index (χ2n) is 14.3. The van der Waals surface area contributed by atoms with Gasteiger partial charge in [0.2, 0.25) is 0 Å². The fourth-order valence-corrected chi connectivity index (χ4v) is 8.59. The van der Waals surface area contributed by atoms with Crippen LogP contribution >= 0.6 is 0 Å². The molecule has 0 N–H and O–H groups in total. The number of fused-ring (bicyclic) bond motifs is 3. The zero-order valence-electron chi connectivity index (χ0n) is 30.8. The maximum atomic E-state index is 3.54. The second kappa shape index (κ2) is 14.1. The van der Waals surface area contributed by atoms with E-state index in [-0.39, 0.29) is 0 Å². The smallest absolute Gasteiger partial charge is 0.0792 e. The van der Waals surface area contributed by atoms with E-state index in [2.05, 4.69) is 235 Å². The molecule has 0 saturated carbocycles. The Labute approximate surface area is 328 Å². The standard InChI is InChI=1S/C55H37N/c1-5-15-40(16-6-1)42-25-32-48(33-26-42)56(49-34-27-43(28-35-49)41-17-7-2-8-18-41)50-36-29-44(30-37-50)45-31-38-52-51-23-13-14-24-53(51)55(54(52)39-45,46-19-9-3-10-20-46)47-21-11-4-12-22-47/h1-11,13-21,23-39H. The minimum atomic E-state index is -0.518. The van der Waals surface area contributed by atoms with E-state index in [1.807, 2.05) is 6.08 Å². The predicted molar refractivity (Wildman–Crippen MR) is 233 cm³/mol. The topological polar surface area (TPSA) is 3.24 Å². The highest BCUT2D eigenvalue weighted by Gasteiger charge is 2.47. The minimum Gasteiger partial charge on any atom is -0.311 e. The molecule has 10 rings (SSSR count). The van der Waals surface area contributed by atoms with Crippen molar-refractivity contribution in [3.05, 3.63) is 258 Å². The third kappa shape index (κ3) is 5.68. The van der Waals surface area contributed by atoms with Crippen LogP contribution in [0, 0.1) is 0 Å². The molecule has 2 aliphatic carbocycles. The SMILES string of the molecule is C1=C=C(C2(c3ccccc3)c3ccccc3-c3ccc(-c4ccc(N(c5ccc(-c6ccccc6)cc5)c5ccc(-c6ccccc6)cc5)cc4)cc32)C=CC=1. The molecule has 1 nitrogen and oxygen atoms in total. The van der Waals surface area contributed by atoms with E-state index in [0.29, 0.717) is 0 Å². The zero-order chi connectivity index (χ0) is 37.3. The van der Waals surface area contributed by atoms with Crippen LogP contribution in [0.25, 0.3) is 44.5 Å². The first kappa shape index (κ1) is 33.2. The molecule has 0 saturated heterocycles. The average molecular weight is 712 g/mol. The first-order chi connectivity index (χ1) is 27.8. The highest BCUT2D eigenvalue weighted by molar-refractivity contribution is 5.89. The van der Waals surface area contributed by atoms with Crippen LogP contribution in [0.5, 0.6) is 0 Å². The molecule has 262 valence electrons. The van der Waals surface area contributed by atoms with Crippen LogP contribution in [0.3, 0.4) is 0 Å². The van der Waals surface area contributed by atoms with Gasteiger partial charge in [0.1, 0.15) is 0 Å². The van der Waals surface area contributed by atoms with Gasteiger partial charge < -0.3 is 4.90 Å². The van der Waals surface area contributed by atoms with Gasteiger partial charge in [-0.25, -0.2) is 0 Å². The number of benzene rings is 8. The van der Waals surface area contributed by atoms with Crippen molar-refractivity contribution in [2.45, 2.75) is 5.41 Å². The van der Waals surface area contributed by atoms with Gasteiger partial charge in [-0.15, -0.1) is 0 Å². The molecule has 8 aromatic carbocycles. The molecule has 2 aliphatic rings. The molecule has 0 aromatic heterocycles. The lowest BCUT2D eigenvalue weighted by molar-refractivity contribution is 0.768. The van der Waals surface area contributed by atoms with Gasteiger partial charge in [0.15, 0.2) is 0 Å². The molecule has 0 fully saturated rings. The summed E-state index contributed by atoms with van der Waals surface area (Å²) in [6.45, 7) is 0. The number of rotatable bonds is 8. The first-order valence-corrected chi connectivity index (χ1v) is 19.2. The van der Waals surface area contributed by atoms with Gasteiger partial charge in [-0.2, -0.15) is 0 Å². The van der Waals surface area contributed by atoms with Crippen LogP contribution in [-0.2, 0) is 5.41 Å². The maximum absolute atomic E-state index is 3.54. The average Bonchev–Trinajstić information content (AvgIpc) is 3.59. The third-order valence-electron chi connectivity index (χ3n) is 11.2. The van der Waals surface area contributed by atoms with Crippen molar-refractivity contribution < 1.29 is 0 Å². The van der Waals surface area contributed by atoms with Crippen molar-refractivity contribution >= 4 is 17.1 Å². The van der Waals surface area contributed by atoms with E-state index in [1.165, 1.54) is 55.6 Å². The molecule has 0 aliphatic heterocycles. The molecule has 0 spiro atoms. The number of hydrogen-bond acceptors (Lipinski definition) is 1. The van der Waals surface area contributed by atoms with Crippen molar-refractivity contribution in [3.8, 4) is 44.5 Å². The summed E-state index contributed by atoms with van der Waals surface area (Å²) < 4.78 is 0. The van der Waals surface area contributed by atoms with Crippen LogP contribution in [0.2, 0.25) is 0 Å². The van der Waals surface area contributed by atoms with Crippen LogP contribution in [0.15, 0.2) is 242 Å². The van der Waals surface area contributed by atoms with E-state index in [0.717, 1.165) is 28.2 Å². The van der Waals surface area contributed by atoms with Crippen molar-refractivity contribution in [3.63, 3.8) is 0 Å². The summed E-state index contributed by atoms with van der Waals surface area (Å²) in [6, 6.07) is 74.6. The number of anilines is 3. The Morgan fingerprint density at radius 1 is 0.375 bits per heavy atom. The van der Waals surface area contributed by atoms with E-state index in [4.69, 9.17) is 0 Å². The summed E-state index contributed by atoms with van der Waals surface area (Å²) in [5, 5.41) is 0. The zero-order valence-corrected chi connectivity index (χ0v) is 30.8. The normalized spacial score (nSPS) is 14.9. The molecule has 0 heterocycles. The molecule has 1 unspecified atom stereocenters. The van der Waals surface area contributed by atoms with Crippen molar-refractivity contribution in [2.75, 3.05) is 4.90 Å². The summed E-state index contributed by atoms with van der Waals surface area (Å²) in [4.78, 5) is 2.34. The number of hydrogen-bond donors (Lipinski definition) is 0. The van der Waals surface area contributed by atoms with Crippen molar-refractivity contribution in [1.82, 2.24) is 0 Å². The molecule has 1 atom stereocenters. The van der Waals surface area contributed by atoms with Gasteiger partial charge >= 0.3 is 0 Å². The van der Waals surface area contributed by atoms with E-state index >= 15 is 0 Å². The number of nitrogens with zero attached hydrogens (tertiary/aromatic N) is 1. The Morgan fingerprint density at radius 3 is 1.36 bits per heavy atom. The van der Waals surface area contributed by atoms with E-state index in [9.17, 15) is 0 Å². The van der Waals surface area contributed by atoms with Gasteiger partial charge in [0, 0.05) is 22.6 Å². The monoisotopic (exact) mass is 711 g/mol. The van der Waals surface area contributed by atoms with Crippen molar-refractivity contribution in [2.24, 2.45) is 0 Å². The Kier molecular flexibility index (Phi) is 8.36. The second-order valence-corrected chi connectivity index (χ2v) is 14.3. The fourth-order valence-electron chi connectivity index (χ4n) is 8.59. The Bertz CT molecular complexity index is 2740. The fraction of sp³-hybridized carbons (Fsp3) is 0.0182. The molecular formula is C55H37N. The van der Waals surface area contributed by atoms with Gasteiger partial charge in [-0.1, -0.05) is 181 Å². The minimum absolute atomic E-state index is 0.518. The molecule has 0 bridgehead atoms. The van der Waals surface area contributed by atoms with Gasteiger partial charge in [0.25, 0.3) is 0 Å². The highest BCUT2D eigenvalue weighted by Crippen LogP contribution is 2.57.